The summed E-state index contributed by atoms with van der Waals surface area (Å²) >= 11 is 6.99. The maximum absolute atomic E-state index is 13.4. The number of fused-ring (bicyclic) bond motifs is 1. The van der Waals surface area contributed by atoms with E-state index in [1.165, 1.54) is 22.9 Å². The van der Waals surface area contributed by atoms with Crippen molar-refractivity contribution in [2.75, 3.05) is 18.0 Å². The third-order valence-corrected chi connectivity index (χ3v) is 8.06. The van der Waals surface area contributed by atoms with Crippen LogP contribution in [0, 0.1) is 19.8 Å². The van der Waals surface area contributed by atoms with Crippen molar-refractivity contribution in [3.8, 4) is 0 Å². The van der Waals surface area contributed by atoms with Crippen LogP contribution in [-0.4, -0.2) is 33.2 Å². The average molecular weight is 488 g/mol. The van der Waals surface area contributed by atoms with Crippen molar-refractivity contribution in [1.82, 2.24) is 9.88 Å². The zero-order valence-corrected chi connectivity index (χ0v) is 21.5. The van der Waals surface area contributed by atoms with Crippen molar-refractivity contribution < 1.29 is 4.79 Å². The van der Waals surface area contributed by atoms with E-state index >= 15 is 0 Å². The van der Waals surface area contributed by atoms with Crippen molar-refractivity contribution in [1.29, 1.82) is 0 Å². The second-order valence-electron chi connectivity index (χ2n) is 9.52. The minimum absolute atomic E-state index is 0.0295. The Morgan fingerprint density at radius 3 is 2.50 bits per heavy atom. The summed E-state index contributed by atoms with van der Waals surface area (Å²) in [5.41, 5.74) is 5.46. The van der Waals surface area contributed by atoms with Crippen LogP contribution < -0.4 is 4.90 Å². The predicted molar refractivity (Wildman–Crippen MR) is 147 cm³/mol. The van der Waals surface area contributed by atoms with Gasteiger partial charge in [0, 0.05) is 24.0 Å². The normalized spacial score (nSPS) is 18.5. The summed E-state index contributed by atoms with van der Waals surface area (Å²) in [6.07, 6.45) is 4.31. The number of aryl methyl sites for hydroxylation is 2. The molecule has 1 aromatic heterocycles. The summed E-state index contributed by atoms with van der Waals surface area (Å²) in [6.45, 7) is 8.94. The molecule has 2 aliphatic rings. The average Bonchev–Trinajstić information content (AvgIpc) is 3.08. The lowest BCUT2D eigenvalue weighted by Crippen LogP contribution is -2.34. The largest absolute Gasteiger partial charge is 0.356 e. The van der Waals surface area contributed by atoms with Crippen molar-refractivity contribution >= 4 is 57.0 Å². The molecule has 0 N–H and O–H groups in total. The van der Waals surface area contributed by atoms with E-state index in [9.17, 15) is 4.79 Å². The molecule has 0 atom stereocenters. The van der Waals surface area contributed by atoms with Gasteiger partial charge in [-0.05, 0) is 62.4 Å². The van der Waals surface area contributed by atoms with E-state index in [2.05, 4.69) is 74.2 Å². The lowest BCUT2D eigenvalue weighted by atomic mass is 9.98. The number of anilines is 1. The van der Waals surface area contributed by atoms with Crippen LogP contribution in [0.5, 0.6) is 0 Å². The number of carbonyl (C=O) groups is 1. The predicted octanol–water partition coefficient (Wildman–Crippen LogP) is 6.49. The number of nitrogens with zero attached hydrogens (tertiary/aromatic N) is 3. The summed E-state index contributed by atoms with van der Waals surface area (Å²) in [6, 6.07) is 16.8. The number of amides is 1. The fraction of sp³-hybridized carbons (Fsp3) is 0.321. The number of aromatic nitrogens is 1. The fourth-order valence-electron chi connectivity index (χ4n) is 4.54. The van der Waals surface area contributed by atoms with Crippen molar-refractivity contribution in [2.24, 2.45) is 5.92 Å². The molecule has 0 spiro atoms. The molecule has 3 heterocycles. The van der Waals surface area contributed by atoms with E-state index in [4.69, 9.17) is 17.2 Å². The van der Waals surface area contributed by atoms with E-state index in [1.54, 1.807) is 4.90 Å². The van der Waals surface area contributed by atoms with Gasteiger partial charge >= 0.3 is 0 Å². The number of thioether (sulfide) groups is 1. The van der Waals surface area contributed by atoms with E-state index < -0.39 is 0 Å². The first-order valence-electron chi connectivity index (χ1n) is 11.8. The molecule has 0 bridgehead atoms. The van der Waals surface area contributed by atoms with E-state index in [0.717, 1.165) is 59.7 Å². The maximum atomic E-state index is 13.4. The van der Waals surface area contributed by atoms with E-state index in [1.807, 2.05) is 6.08 Å². The number of rotatable bonds is 4. The smallest absolute Gasteiger partial charge is 0.266 e. The van der Waals surface area contributed by atoms with Crippen molar-refractivity contribution in [3.05, 3.63) is 75.7 Å². The van der Waals surface area contributed by atoms with Crippen LogP contribution in [-0.2, 0) is 11.3 Å². The first-order chi connectivity index (χ1) is 16.4. The molecule has 34 heavy (non-hydrogen) atoms. The molecule has 1 amide bonds. The van der Waals surface area contributed by atoms with Gasteiger partial charge < -0.3 is 4.90 Å². The van der Waals surface area contributed by atoms with Gasteiger partial charge in [-0.15, -0.1) is 0 Å². The third-order valence-electron chi connectivity index (χ3n) is 6.68. The first kappa shape index (κ1) is 23.1. The number of hydrogen-bond donors (Lipinski definition) is 0. The first-order valence-corrected chi connectivity index (χ1v) is 13.1. The minimum atomic E-state index is -0.0295. The van der Waals surface area contributed by atoms with Crippen LogP contribution in [0.25, 0.3) is 17.0 Å². The van der Waals surface area contributed by atoms with Gasteiger partial charge in [0.05, 0.1) is 17.0 Å². The number of carbonyl (C=O) groups excluding carboxylic acids is 1. The molecular weight excluding hydrogens is 458 g/mol. The van der Waals surface area contributed by atoms with Gasteiger partial charge in [0.15, 0.2) is 0 Å². The van der Waals surface area contributed by atoms with Gasteiger partial charge in [-0.1, -0.05) is 72.4 Å². The highest BCUT2D eigenvalue weighted by Crippen LogP contribution is 2.36. The van der Waals surface area contributed by atoms with Crippen LogP contribution in [0.15, 0.2) is 53.4 Å². The van der Waals surface area contributed by atoms with E-state index in [0.29, 0.717) is 15.8 Å². The SMILES string of the molecule is Cc1ccc(CN2C(=O)/C(=C/c3cc4cc(C)ccc4nc3N3CCC(C)CC3)SC2=S)cc1. The van der Waals surface area contributed by atoms with Gasteiger partial charge in [0.25, 0.3) is 5.91 Å². The van der Waals surface area contributed by atoms with Gasteiger partial charge in [-0.2, -0.15) is 0 Å². The Kier molecular flexibility index (Phi) is 6.45. The summed E-state index contributed by atoms with van der Waals surface area (Å²) < 4.78 is 0.606. The Labute approximate surface area is 211 Å². The lowest BCUT2D eigenvalue weighted by Gasteiger charge is -2.32. The van der Waals surface area contributed by atoms with Gasteiger partial charge in [0.2, 0.25) is 0 Å². The zero-order valence-electron chi connectivity index (χ0n) is 19.9. The standard InChI is InChI=1S/C28H29N3OS2/c1-18-4-7-21(8-5-18)17-31-27(32)25(34-28(31)33)16-23-15-22-14-20(3)6-9-24(22)29-26(23)30-12-10-19(2)11-13-30/h4-9,14-16,19H,10-13,17H2,1-3H3/b25-16-. The molecule has 0 aliphatic carbocycles. The number of benzene rings is 2. The summed E-state index contributed by atoms with van der Waals surface area (Å²) in [4.78, 5) is 23.2. The molecule has 5 rings (SSSR count). The van der Waals surface area contributed by atoms with Crippen LogP contribution in [0.1, 0.15) is 42.0 Å². The van der Waals surface area contributed by atoms with Crippen molar-refractivity contribution in [3.63, 3.8) is 0 Å². The van der Waals surface area contributed by atoms with Crippen LogP contribution >= 0.6 is 24.0 Å². The quantitative estimate of drug-likeness (QED) is 0.311. The number of hydrogen-bond acceptors (Lipinski definition) is 5. The third kappa shape index (κ3) is 4.75. The Morgan fingerprint density at radius 2 is 1.76 bits per heavy atom. The fourth-order valence-corrected chi connectivity index (χ4v) is 5.78. The molecule has 4 nitrogen and oxygen atoms in total. The Morgan fingerprint density at radius 1 is 1.06 bits per heavy atom. The highest BCUT2D eigenvalue weighted by Gasteiger charge is 2.32. The molecule has 0 radical (unpaired) electrons. The van der Waals surface area contributed by atoms with Crippen LogP contribution in [0.4, 0.5) is 5.82 Å². The summed E-state index contributed by atoms with van der Waals surface area (Å²) in [7, 11) is 0. The maximum Gasteiger partial charge on any atom is 0.266 e. The molecule has 0 saturated carbocycles. The Bertz CT molecular complexity index is 1290. The van der Waals surface area contributed by atoms with Gasteiger partial charge in [-0.3, -0.25) is 9.69 Å². The van der Waals surface area contributed by atoms with Crippen molar-refractivity contribution in [2.45, 2.75) is 40.2 Å². The topological polar surface area (TPSA) is 36.4 Å². The number of pyridine rings is 1. The molecule has 2 saturated heterocycles. The molecular formula is C28H29N3OS2. The molecule has 2 aromatic carbocycles. The minimum Gasteiger partial charge on any atom is -0.356 e. The molecule has 0 unspecified atom stereocenters. The molecule has 6 heteroatoms. The van der Waals surface area contributed by atoms with Gasteiger partial charge in [0.1, 0.15) is 10.1 Å². The number of piperidine rings is 1. The molecule has 174 valence electrons. The molecule has 2 fully saturated rings. The van der Waals surface area contributed by atoms with E-state index in [-0.39, 0.29) is 5.91 Å². The summed E-state index contributed by atoms with van der Waals surface area (Å²) in [5.74, 6) is 1.67. The number of thiocarbonyl (C=S) groups is 1. The lowest BCUT2D eigenvalue weighted by molar-refractivity contribution is -0.122. The summed E-state index contributed by atoms with van der Waals surface area (Å²) in [5, 5.41) is 1.09. The van der Waals surface area contributed by atoms with Gasteiger partial charge in [-0.25, -0.2) is 4.98 Å². The molecule has 2 aliphatic heterocycles. The second kappa shape index (κ2) is 9.51. The Balaban J connectivity index is 1.50. The molecule has 3 aromatic rings. The van der Waals surface area contributed by atoms with Crippen LogP contribution in [0.3, 0.4) is 0 Å². The monoisotopic (exact) mass is 487 g/mol. The van der Waals surface area contributed by atoms with Crippen LogP contribution in [0.2, 0.25) is 0 Å². The highest BCUT2D eigenvalue weighted by molar-refractivity contribution is 8.26. The Hall–Kier alpha value is -2.70. The highest BCUT2D eigenvalue weighted by atomic mass is 32.2. The second-order valence-corrected chi connectivity index (χ2v) is 11.2. The zero-order chi connectivity index (χ0) is 23.8.